The highest BCUT2D eigenvalue weighted by atomic mass is 79.9. The van der Waals surface area contributed by atoms with Crippen molar-refractivity contribution in [3.63, 3.8) is 0 Å². The van der Waals surface area contributed by atoms with E-state index >= 15 is 0 Å². The summed E-state index contributed by atoms with van der Waals surface area (Å²) < 4.78 is 1.18. The topological polar surface area (TPSA) is 24.9 Å². The Hall–Kier alpha value is -0.710. The molecule has 0 aliphatic rings. The minimum atomic E-state index is 0.425. The van der Waals surface area contributed by atoms with Gasteiger partial charge in [-0.1, -0.05) is 34.1 Å². The molecule has 2 rings (SSSR count). The summed E-state index contributed by atoms with van der Waals surface area (Å²) in [4.78, 5) is 4.53. The zero-order chi connectivity index (χ0) is 13.0. The molecule has 1 aromatic heterocycles. The summed E-state index contributed by atoms with van der Waals surface area (Å²) in [6.07, 6.45) is 1.99. The molecule has 1 atom stereocenters. The molecule has 18 heavy (non-hydrogen) atoms. The lowest BCUT2D eigenvalue weighted by Crippen LogP contribution is -2.30. The van der Waals surface area contributed by atoms with Crippen molar-refractivity contribution in [1.29, 1.82) is 0 Å². The third-order valence-electron chi connectivity index (χ3n) is 2.92. The number of nitrogens with zero attached hydrogens (tertiary/aromatic N) is 1. The van der Waals surface area contributed by atoms with Gasteiger partial charge >= 0.3 is 0 Å². The summed E-state index contributed by atoms with van der Waals surface area (Å²) in [5, 5.41) is 6.70. The van der Waals surface area contributed by atoms with Gasteiger partial charge in [-0.3, -0.25) is 0 Å². The Morgan fingerprint density at radius 2 is 2.11 bits per heavy atom. The largest absolute Gasteiger partial charge is 0.316 e. The zero-order valence-electron chi connectivity index (χ0n) is 10.6. The van der Waals surface area contributed by atoms with Crippen LogP contribution in [0.15, 0.2) is 34.1 Å². The number of hydrogen-bond acceptors (Lipinski definition) is 3. The van der Waals surface area contributed by atoms with E-state index in [0.29, 0.717) is 6.04 Å². The molecule has 2 nitrogen and oxygen atoms in total. The first kappa shape index (κ1) is 13.7. The van der Waals surface area contributed by atoms with Gasteiger partial charge in [0.05, 0.1) is 5.01 Å². The summed E-state index contributed by atoms with van der Waals surface area (Å²) in [5.41, 5.74) is 2.45. The Labute approximate surface area is 121 Å². The van der Waals surface area contributed by atoms with Crippen molar-refractivity contribution in [3.05, 3.63) is 50.4 Å². The predicted molar refractivity (Wildman–Crippen MR) is 81.2 cm³/mol. The van der Waals surface area contributed by atoms with Crippen molar-refractivity contribution in [3.8, 4) is 0 Å². The van der Waals surface area contributed by atoms with E-state index in [-0.39, 0.29) is 0 Å². The molecule has 0 aliphatic carbocycles. The van der Waals surface area contributed by atoms with E-state index in [1.54, 1.807) is 11.3 Å². The fourth-order valence-electron chi connectivity index (χ4n) is 1.91. The molecule has 0 aliphatic heterocycles. The van der Waals surface area contributed by atoms with E-state index in [4.69, 9.17) is 0 Å². The highest BCUT2D eigenvalue weighted by molar-refractivity contribution is 9.10. The van der Waals surface area contributed by atoms with E-state index in [2.05, 4.69) is 49.8 Å². The van der Waals surface area contributed by atoms with Gasteiger partial charge in [-0.25, -0.2) is 4.98 Å². The van der Waals surface area contributed by atoms with E-state index in [1.165, 1.54) is 15.0 Å². The maximum atomic E-state index is 4.53. The molecule has 1 aromatic carbocycles. The number of thiazole rings is 1. The van der Waals surface area contributed by atoms with Crippen molar-refractivity contribution in [2.45, 2.75) is 25.8 Å². The molecular weight excluding hydrogens is 308 g/mol. The average Bonchev–Trinajstić information content (AvgIpc) is 2.76. The number of rotatable bonds is 5. The number of aromatic nitrogens is 1. The highest BCUT2D eigenvalue weighted by Crippen LogP contribution is 2.19. The smallest absolute Gasteiger partial charge is 0.0943 e. The maximum Gasteiger partial charge on any atom is 0.0943 e. The first-order chi connectivity index (χ1) is 8.69. The molecule has 0 amide bonds. The van der Waals surface area contributed by atoms with Gasteiger partial charge in [0.25, 0.3) is 0 Å². The monoisotopic (exact) mass is 324 g/mol. The Kier molecular flexibility index (Phi) is 4.92. The lowest BCUT2D eigenvalue weighted by molar-refractivity contribution is 0.554. The van der Waals surface area contributed by atoms with Crippen LogP contribution < -0.4 is 5.32 Å². The average molecular weight is 325 g/mol. The molecule has 96 valence electrons. The molecular formula is C14H17BrN2S. The quantitative estimate of drug-likeness (QED) is 0.909. The van der Waals surface area contributed by atoms with Crippen molar-refractivity contribution >= 4 is 27.3 Å². The van der Waals surface area contributed by atoms with E-state index in [1.807, 2.05) is 20.0 Å². The van der Waals surface area contributed by atoms with Crippen LogP contribution >= 0.6 is 27.3 Å². The van der Waals surface area contributed by atoms with Gasteiger partial charge in [0.15, 0.2) is 0 Å². The maximum absolute atomic E-state index is 4.53. The lowest BCUT2D eigenvalue weighted by Gasteiger charge is -2.15. The molecule has 1 unspecified atom stereocenters. The molecule has 0 saturated carbocycles. The molecule has 1 N–H and O–H groups in total. The number of likely N-dealkylation sites (N-methyl/N-ethyl adjacent to an activating group) is 1. The summed E-state index contributed by atoms with van der Waals surface area (Å²) in [6.45, 7) is 2.04. The minimum absolute atomic E-state index is 0.425. The fourth-order valence-corrected chi connectivity index (χ4v) is 3.21. The first-order valence-corrected chi connectivity index (χ1v) is 7.68. The molecule has 4 heteroatoms. The Morgan fingerprint density at radius 3 is 2.72 bits per heavy atom. The summed E-state index contributed by atoms with van der Waals surface area (Å²) in [6, 6.07) is 8.82. The van der Waals surface area contributed by atoms with Crippen LogP contribution in [-0.4, -0.2) is 18.1 Å². The lowest BCUT2D eigenvalue weighted by atomic mass is 10.0. The van der Waals surface area contributed by atoms with Crippen molar-refractivity contribution in [1.82, 2.24) is 10.3 Å². The van der Waals surface area contributed by atoms with E-state index in [0.717, 1.165) is 18.5 Å². The van der Waals surface area contributed by atoms with Crippen LogP contribution in [0.5, 0.6) is 0 Å². The van der Waals surface area contributed by atoms with Crippen LogP contribution in [0.2, 0.25) is 0 Å². The Bertz CT molecular complexity index is 510. The second kappa shape index (κ2) is 6.45. The second-order valence-electron chi connectivity index (χ2n) is 4.37. The molecule has 0 radical (unpaired) electrons. The van der Waals surface area contributed by atoms with Crippen molar-refractivity contribution in [2.75, 3.05) is 7.05 Å². The number of benzene rings is 1. The molecule has 0 saturated heterocycles. The molecule has 2 aromatic rings. The van der Waals surface area contributed by atoms with Gasteiger partial charge in [0.2, 0.25) is 0 Å². The summed E-state index contributed by atoms with van der Waals surface area (Å²) >= 11 is 5.35. The van der Waals surface area contributed by atoms with Gasteiger partial charge in [0.1, 0.15) is 0 Å². The number of nitrogens with one attached hydrogen (secondary N) is 1. The fraction of sp³-hybridized carbons (Fsp3) is 0.357. The van der Waals surface area contributed by atoms with Crippen LogP contribution in [0.4, 0.5) is 0 Å². The van der Waals surface area contributed by atoms with Crippen molar-refractivity contribution in [2.24, 2.45) is 0 Å². The minimum Gasteiger partial charge on any atom is -0.316 e. The van der Waals surface area contributed by atoms with Gasteiger partial charge in [-0.05, 0) is 32.0 Å². The van der Waals surface area contributed by atoms with Crippen LogP contribution in [0.3, 0.4) is 0 Å². The third-order valence-corrected chi connectivity index (χ3v) is 4.68. The number of hydrogen-bond donors (Lipinski definition) is 1. The van der Waals surface area contributed by atoms with Crippen LogP contribution in [0.25, 0.3) is 0 Å². The second-order valence-corrected chi connectivity index (χ2v) is 6.16. The predicted octanol–water partition coefficient (Wildman–Crippen LogP) is 3.59. The summed E-state index contributed by atoms with van der Waals surface area (Å²) in [7, 11) is 2.02. The van der Waals surface area contributed by atoms with Crippen LogP contribution in [0, 0.1) is 6.92 Å². The Balaban J connectivity index is 2.04. The van der Waals surface area contributed by atoms with Gasteiger partial charge in [-0.2, -0.15) is 0 Å². The zero-order valence-corrected chi connectivity index (χ0v) is 13.0. The van der Waals surface area contributed by atoms with Crippen LogP contribution in [0.1, 0.15) is 16.3 Å². The van der Waals surface area contributed by atoms with Gasteiger partial charge < -0.3 is 5.32 Å². The standard InChI is InChI=1S/C14H17BrN2S/c1-10-9-18-14(17-10)8-12(16-2)7-11-5-3-4-6-13(11)15/h3-6,9,12,16H,7-8H2,1-2H3. The van der Waals surface area contributed by atoms with Crippen LogP contribution in [-0.2, 0) is 12.8 Å². The van der Waals surface area contributed by atoms with Crippen molar-refractivity contribution < 1.29 is 0 Å². The van der Waals surface area contributed by atoms with Gasteiger partial charge in [0, 0.05) is 28.0 Å². The van der Waals surface area contributed by atoms with E-state index < -0.39 is 0 Å². The SMILES string of the molecule is CNC(Cc1nc(C)cs1)Cc1ccccc1Br. The number of aryl methyl sites for hydroxylation is 1. The first-order valence-electron chi connectivity index (χ1n) is 6.00. The molecule has 0 bridgehead atoms. The van der Waals surface area contributed by atoms with Gasteiger partial charge in [-0.15, -0.1) is 11.3 Å². The molecule has 1 heterocycles. The third kappa shape index (κ3) is 3.64. The van der Waals surface area contributed by atoms with E-state index in [9.17, 15) is 0 Å². The highest BCUT2D eigenvalue weighted by Gasteiger charge is 2.12. The normalized spacial score (nSPS) is 12.6. The Morgan fingerprint density at radius 1 is 1.33 bits per heavy atom. The molecule has 0 spiro atoms. The summed E-state index contributed by atoms with van der Waals surface area (Å²) in [5.74, 6) is 0. The molecule has 0 fully saturated rings. The number of halogens is 1.